The normalized spacial score (nSPS) is 11.7. The maximum atomic E-state index is 12.2. The van der Waals surface area contributed by atoms with Crippen LogP contribution in [-0.2, 0) is 4.79 Å². The first-order chi connectivity index (χ1) is 10.1. The van der Waals surface area contributed by atoms with Crippen molar-refractivity contribution in [2.24, 2.45) is 0 Å². The predicted octanol–water partition coefficient (Wildman–Crippen LogP) is 3.25. The second-order valence-corrected chi connectivity index (χ2v) is 7.56. The largest absolute Gasteiger partial charge is 0.324 e. The fourth-order valence-electron chi connectivity index (χ4n) is 1.46. The van der Waals surface area contributed by atoms with Crippen molar-refractivity contribution in [2.75, 3.05) is 11.6 Å². The molecular formula is C13H12N4OS3. The lowest BCUT2D eigenvalue weighted by molar-refractivity contribution is -0.115. The maximum absolute atomic E-state index is 12.2. The van der Waals surface area contributed by atoms with E-state index in [0.29, 0.717) is 11.3 Å². The van der Waals surface area contributed by atoms with E-state index in [1.165, 1.54) is 34.9 Å². The third-order valence-corrected chi connectivity index (χ3v) is 5.60. The number of thioether (sulfide) groups is 2. The summed E-state index contributed by atoms with van der Waals surface area (Å²) in [5.41, 5.74) is 0.975. The number of rotatable bonds is 5. The summed E-state index contributed by atoms with van der Waals surface area (Å²) in [4.78, 5) is 12.2. The zero-order chi connectivity index (χ0) is 15.2. The molecule has 21 heavy (non-hydrogen) atoms. The van der Waals surface area contributed by atoms with Crippen LogP contribution in [0.1, 0.15) is 12.5 Å². The Labute approximate surface area is 135 Å². The number of aromatic nitrogens is 2. The van der Waals surface area contributed by atoms with Crippen molar-refractivity contribution in [1.82, 2.24) is 10.2 Å². The minimum Gasteiger partial charge on any atom is -0.324 e. The van der Waals surface area contributed by atoms with Gasteiger partial charge in [-0.15, -0.1) is 10.2 Å². The quantitative estimate of drug-likeness (QED) is 0.844. The molecule has 0 fully saturated rings. The van der Waals surface area contributed by atoms with Crippen molar-refractivity contribution in [3.8, 4) is 6.07 Å². The van der Waals surface area contributed by atoms with E-state index in [2.05, 4.69) is 21.6 Å². The van der Waals surface area contributed by atoms with Gasteiger partial charge in [-0.3, -0.25) is 4.79 Å². The first-order valence-electron chi connectivity index (χ1n) is 5.98. The zero-order valence-corrected chi connectivity index (χ0v) is 13.8. The van der Waals surface area contributed by atoms with Crippen LogP contribution in [0.5, 0.6) is 0 Å². The number of nitrogens with one attached hydrogen (secondary N) is 1. The van der Waals surface area contributed by atoms with Gasteiger partial charge in [0.1, 0.15) is 6.07 Å². The molecule has 1 atom stereocenters. The summed E-state index contributed by atoms with van der Waals surface area (Å²) in [7, 11) is 0. The molecule has 108 valence electrons. The fourth-order valence-corrected chi connectivity index (χ4v) is 4.04. The molecule has 0 radical (unpaired) electrons. The second kappa shape index (κ2) is 7.45. The lowest BCUT2D eigenvalue weighted by Crippen LogP contribution is -2.22. The molecule has 0 saturated carbocycles. The minimum absolute atomic E-state index is 0.163. The zero-order valence-electron chi connectivity index (χ0n) is 11.4. The van der Waals surface area contributed by atoms with Crippen LogP contribution in [-0.4, -0.2) is 27.6 Å². The van der Waals surface area contributed by atoms with Crippen LogP contribution in [0.25, 0.3) is 0 Å². The van der Waals surface area contributed by atoms with Gasteiger partial charge in [0.15, 0.2) is 8.68 Å². The van der Waals surface area contributed by atoms with Crippen LogP contribution in [0.4, 0.5) is 5.69 Å². The van der Waals surface area contributed by atoms with Crippen molar-refractivity contribution in [3.63, 3.8) is 0 Å². The average Bonchev–Trinajstić information content (AvgIpc) is 2.95. The van der Waals surface area contributed by atoms with E-state index in [4.69, 9.17) is 5.26 Å². The Balaban J connectivity index is 2.01. The van der Waals surface area contributed by atoms with Crippen molar-refractivity contribution in [2.45, 2.75) is 20.9 Å². The molecule has 1 unspecified atom stereocenters. The molecule has 0 spiro atoms. The number of para-hydroxylation sites is 1. The van der Waals surface area contributed by atoms with Gasteiger partial charge in [-0.05, 0) is 25.3 Å². The lowest BCUT2D eigenvalue weighted by Gasteiger charge is -2.11. The Kier molecular flexibility index (Phi) is 5.61. The highest BCUT2D eigenvalue weighted by molar-refractivity contribution is 8.03. The van der Waals surface area contributed by atoms with E-state index < -0.39 is 0 Å². The maximum Gasteiger partial charge on any atom is 0.237 e. The molecule has 1 aromatic carbocycles. The lowest BCUT2D eigenvalue weighted by atomic mass is 10.2. The van der Waals surface area contributed by atoms with E-state index in [9.17, 15) is 4.79 Å². The van der Waals surface area contributed by atoms with E-state index in [1.54, 1.807) is 31.2 Å². The number of hydrogen-bond acceptors (Lipinski definition) is 7. The molecule has 2 aromatic rings. The van der Waals surface area contributed by atoms with Crippen molar-refractivity contribution < 1.29 is 4.79 Å². The number of benzene rings is 1. The molecule has 0 bridgehead atoms. The van der Waals surface area contributed by atoms with Crippen LogP contribution in [0.15, 0.2) is 32.9 Å². The molecule has 0 aliphatic rings. The molecule has 0 aliphatic carbocycles. The van der Waals surface area contributed by atoms with Crippen molar-refractivity contribution >= 4 is 46.5 Å². The van der Waals surface area contributed by atoms with E-state index in [0.717, 1.165) is 8.68 Å². The molecule has 0 aliphatic heterocycles. The van der Waals surface area contributed by atoms with Crippen molar-refractivity contribution in [3.05, 3.63) is 29.8 Å². The topological polar surface area (TPSA) is 78.7 Å². The molecule has 0 saturated heterocycles. The van der Waals surface area contributed by atoms with Gasteiger partial charge in [0.2, 0.25) is 5.91 Å². The molecule has 1 aromatic heterocycles. The van der Waals surface area contributed by atoms with E-state index in [-0.39, 0.29) is 11.2 Å². The highest BCUT2D eigenvalue weighted by atomic mass is 32.2. The van der Waals surface area contributed by atoms with Gasteiger partial charge in [-0.1, -0.05) is 47.0 Å². The summed E-state index contributed by atoms with van der Waals surface area (Å²) < 4.78 is 1.63. The number of anilines is 1. The monoisotopic (exact) mass is 336 g/mol. The standard InChI is InChI=1S/C13H12N4OS3/c1-8(20-13-17-16-12(19-2)21-13)11(18)15-10-6-4-3-5-9(10)7-14/h3-6,8H,1-2H3,(H,15,18). The number of nitriles is 1. The van der Waals surface area contributed by atoms with Crippen LogP contribution >= 0.6 is 34.9 Å². The first kappa shape index (κ1) is 15.8. The number of carbonyl (C=O) groups is 1. The van der Waals surface area contributed by atoms with Crippen molar-refractivity contribution in [1.29, 1.82) is 5.26 Å². The third-order valence-electron chi connectivity index (χ3n) is 2.51. The van der Waals surface area contributed by atoms with Gasteiger partial charge in [0.05, 0.1) is 16.5 Å². The number of carbonyl (C=O) groups excluding carboxylic acids is 1. The number of nitrogens with zero attached hydrogens (tertiary/aromatic N) is 3. The third kappa shape index (κ3) is 4.20. The highest BCUT2D eigenvalue weighted by Crippen LogP contribution is 2.30. The van der Waals surface area contributed by atoms with Crippen LogP contribution in [0.2, 0.25) is 0 Å². The molecule has 1 heterocycles. The molecule has 8 heteroatoms. The van der Waals surface area contributed by atoms with Gasteiger partial charge in [0.25, 0.3) is 0 Å². The fraction of sp³-hybridized carbons (Fsp3) is 0.231. The van der Waals surface area contributed by atoms with Gasteiger partial charge >= 0.3 is 0 Å². The summed E-state index contributed by atoms with van der Waals surface area (Å²) in [6.45, 7) is 1.80. The number of hydrogen-bond donors (Lipinski definition) is 1. The van der Waals surface area contributed by atoms with Gasteiger partial charge in [-0.25, -0.2) is 0 Å². The molecule has 1 amide bonds. The summed E-state index contributed by atoms with van der Waals surface area (Å²) in [5.74, 6) is -0.163. The van der Waals surface area contributed by atoms with E-state index >= 15 is 0 Å². The number of amides is 1. The minimum atomic E-state index is -0.320. The van der Waals surface area contributed by atoms with Gasteiger partial charge < -0.3 is 5.32 Å². The average molecular weight is 336 g/mol. The summed E-state index contributed by atoms with van der Waals surface area (Å²) >= 11 is 4.35. The Bertz CT molecular complexity index is 680. The summed E-state index contributed by atoms with van der Waals surface area (Å²) in [5, 5.41) is 19.5. The molecule has 5 nitrogen and oxygen atoms in total. The Morgan fingerprint density at radius 1 is 1.38 bits per heavy atom. The molecular weight excluding hydrogens is 324 g/mol. The van der Waals surface area contributed by atoms with Crippen LogP contribution in [0.3, 0.4) is 0 Å². The SMILES string of the molecule is CSc1nnc(SC(C)C(=O)Nc2ccccc2C#N)s1. The second-order valence-electron chi connectivity index (χ2n) is 3.94. The Morgan fingerprint density at radius 2 is 2.10 bits per heavy atom. The van der Waals surface area contributed by atoms with Gasteiger partial charge in [0, 0.05) is 0 Å². The van der Waals surface area contributed by atoms with Crippen LogP contribution < -0.4 is 5.32 Å². The smallest absolute Gasteiger partial charge is 0.237 e. The van der Waals surface area contributed by atoms with Gasteiger partial charge in [-0.2, -0.15) is 5.26 Å². The predicted molar refractivity (Wildman–Crippen MR) is 86.8 cm³/mol. The van der Waals surface area contributed by atoms with Crippen LogP contribution in [0, 0.1) is 11.3 Å². The summed E-state index contributed by atoms with van der Waals surface area (Å²) in [6, 6.07) is 8.98. The molecule has 1 N–H and O–H groups in total. The Morgan fingerprint density at radius 3 is 2.76 bits per heavy atom. The molecule has 2 rings (SSSR count). The van der Waals surface area contributed by atoms with E-state index in [1.807, 2.05) is 6.26 Å². The Hall–Kier alpha value is -1.56. The first-order valence-corrected chi connectivity index (χ1v) is 8.90. The summed E-state index contributed by atoms with van der Waals surface area (Å²) in [6.07, 6.45) is 1.93. The highest BCUT2D eigenvalue weighted by Gasteiger charge is 2.18.